The number of amides is 1. The Kier molecular flexibility index (Phi) is 22.0. The molecule has 3 heteroatoms. The number of carbonyl (C=O) groups is 1. The maximum Gasteiger partial charge on any atom is 0.244 e. The molecule has 0 heterocycles. The summed E-state index contributed by atoms with van der Waals surface area (Å²) in [5.74, 6) is -0.453. The van der Waals surface area contributed by atoms with Crippen LogP contribution in [0.1, 0.15) is 41.5 Å². The summed E-state index contributed by atoms with van der Waals surface area (Å²) in [7, 11) is 0. The van der Waals surface area contributed by atoms with E-state index in [4.69, 9.17) is 5.73 Å². The predicted molar refractivity (Wildman–Crippen MR) is 105 cm³/mol. The minimum absolute atomic E-state index is 0.453. The van der Waals surface area contributed by atoms with Crippen LogP contribution in [0.5, 0.6) is 0 Å². The third-order valence-corrected chi connectivity index (χ3v) is 2.24. The van der Waals surface area contributed by atoms with Gasteiger partial charge in [-0.05, 0) is 31.6 Å². The third-order valence-electron chi connectivity index (χ3n) is 2.24. The first-order valence-electron chi connectivity index (χ1n) is 8.07. The van der Waals surface area contributed by atoms with Crippen LogP contribution in [-0.4, -0.2) is 11.9 Å². The summed E-state index contributed by atoms with van der Waals surface area (Å²) in [6.07, 6.45) is 14.2. The van der Waals surface area contributed by atoms with Crippen molar-refractivity contribution in [2.24, 2.45) is 5.73 Å². The molecule has 0 aliphatic rings. The van der Waals surface area contributed by atoms with Crippen molar-refractivity contribution in [2.75, 3.05) is 0 Å². The molecule has 0 aliphatic heterocycles. The summed E-state index contributed by atoms with van der Waals surface area (Å²) in [6.45, 7) is 19.1. The van der Waals surface area contributed by atoms with Crippen LogP contribution >= 0.6 is 0 Å². The van der Waals surface area contributed by atoms with Crippen molar-refractivity contribution < 1.29 is 4.79 Å². The minimum atomic E-state index is -0.614. The van der Waals surface area contributed by atoms with Gasteiger partial charge in [-0.15, -0.1) is 0 Å². The number of nitrogens with one attached hydrogen (secondary N) is 1. The highest BCUT2D eigenvalue weighted by Gasteiger charge is 2.18. The van der Waals surface area contributed by atoms with Crippen LogP contribution in [-0.2, 0) is 4.79 Å². The fourth-order valence-corrected chi connectivity index (χ4v) is 1.52. The number of rotatable bonds is 8. The number of nitrogens with two attached hydrogens (primary N) is 1. The molecule has 130 valence electrons. The second-order valence-electron chi connectivity index (χ2n) is 3.74. The van der Waals surface area contributed by atoms with E-state index in [1.54, 1.807) is 24.3 Å². The second kappa shape index (κ2) is 19.7. The van der Waals surface area contributed by atoms with Gasteiger partial charge in [-0.2, -0.15) is 0 Å². The molecule has 0 rings (SSSR count). The Labute approximate surface area is 143 Å². The fraction of sp³-hybridized carbons (Fsp3) is 0.350. The van der Waals surface area contributed by atoms with Crippen molar-refractivity contribution in [2.45, 2.75) is 47.6 Å². The van der Waals surface area contributed by atoms with Crippen LogP contribution in [0.4, 0.5) is 0 Å². The van der Waals surface area contributed by atoms with Gasteiger partial charge in [0.2, 0.25) is 5.91 Å². The van der Waals surface area contributed by atoms with E-state index in [-0.39, 0.29) is 0 Å². The van der Waals surface area contributed by atoms with Crippen LogP contribution < -0.4 is 11.1 Å². The lowest BCUT2D eigenvalue weighted by Gasteiger charge is -2.18. The summed E-state index contributed by atoms with van der Waals surface area (Å²) < 4.78 is 0. The molecule has 23 heavy (non-hydrogen) atoms. The lowest BCUT2D eigenvalue weighted by atomic mass is 10.0. The molecule has 0 bridgehead atoms. The smallest absolute Gasteiger partial charge is 0.244 e. The first kappa shape index (κ1) is 25.7. The van der Waals surface area contributed by atoms with E-state index in [2.05, 4.69) is 18.5 Å². The van der Waals surface area contributed by atoms with Gasteiger partial charge in [0.25, 0.3) is 0 Å². The Bertz CT molecular complexity index is 441. The van der Waals surface area contributed by atoms with Crippen molar-refractivity contribution >= 4 is 5.91 Å². The van der Waals surface area contributed by atoms with E-state index >= 15 is 0 Å². The zero-order valence-corrected chi connectivity index (χ0v) is 15.6. The highest BCUT2D eigenvalue weighted by atomic mass is 16.1. The molecule has 3 nitrogen and oxygen atoms in total. The van der Waals surface area contributed by atoms with Crippen LogP contribution in [0.3, 0.4) is 0 Å². The van der Waals surface area contributed by atoms with E-state index < -0.39 is 11.9 Å². The fourth-order valence-electron chi connectivity index (χ4n) is 1.52. The lowest BCUT2D eigenvalue weighted by molar-refractivity contribution is -0.118. The topological polar surface area (TPSA) is 55.1 Å². The van der Waals surface area contributed by atoms with Gasteiger partial charge in [-0.25, -0.2) is 0 Å². The largest absolute Gasteiger partial charge is 0.370 e. The van der Waals surface area contributed by atoms with Crippen molar-refractivity contribution in [1.82, 2.24) is 5.32 Å². The number of hydrogen-bond acceptors (Lipinski definition) is 2. The van der Waals surface area contributed by atoms with Crippen molar-refractivity contribution in [3.63, 3.8) is 0 Å². The molecule has 3 N–H and O–H groups in total. The molecule has 0 saturated carbocycles. The van der Waals surface area contributed by atoms with Crippen LogP contribution in [0.25, 0.3) is 0 Å². The molecule has 0 radical (unpaired) electrons. The highest BCUT2D eigenvalue weighted by Crippen LogP contribution is 2.08. The Morgan fingerprint density at radius 1 is 0.957 bits per heavy atom. The van der Waals surface area contributed by atoms with Crippen molar-refractivity contribution in [3.05, 3.63) is 73.0 Å². The SMILES string of the molecule is C=C/C=C(\C=C/C)NC(C(N)=O)C(/C=C\C)=C/C=C.CC.CC. The van der Waals surface area contributed by atoms with Crippen LogP contribution in [0.15, 0.2) is 73.0 Å². The third kappa shape index (κ3) is 13.1. The molecule has 0 saturated heterocycles. The average Bonchev–Trinajstić information content (AvgIpc) is 2.56. The van der Waals surface area contributed by atoms with Crippen LogP contribution in [0.2, 0.25) is 0 Å². The molecule has 1 atom stereocenters. The van der Waals surface area contributed by atoms with Gasteiger partial charge in [0.1, 0.15) is 6.04 Å². The molecule has 1 unspecified atom stereocenters. The maximum atomic E-state index is 11.6. The standard InChI is InChI=1S/C16H22N2O.2C2H6/c1-5-9-13(10-6-2)15(16(17)19)18-14(11-7-3)12-8-4;2*1-2/h5-12,15,18H,1,3H2,2,4H3,(H2,17,19);2*1-2H3/b10-6-,12-8-,13-9+,14-11+;;. The van der Waals surface area contributed by atoms with E-state index in [0.29, 0.717) is 0 Å². The second-order valence-corrected chi connectivity index (χ2v) is 3.74. The van der Waals surface area contributed by atoms with Gasteiger partial charge in [-0.1, -0.05) is 77.3 Å². The predicted octanol–water partition coefficient (Wildman–Crippen LogP) is 4.82. The van der Waals surface area contributed by atoms with Gasteiger partial charge in [-0.3, -0.25) is 4.79 Å². The van der Waals surface area contributed by atoms with Gasteiger partial charge in [0, 0.05) is 5.70 Å². The summed E-state index contributed by atoms with van der Waals surface area (Å²) in [5, 5.41) is 3.09. The molecule has 1 amide bonds. The van der Waals surface area contributed by atoms with E-state index in [1.165, 1.54) is 0 Å². The molecule has 0 spiro atoms. The van der Waals surface area contributed by atoms with Crippen molar-refractivity contribution in [3.8, 4) is 0 Å². The highest BCUT2D eigenvalue weighted by molar-refractivity contribution is 5.84. The molecular weight excluding hydrogens is 284 g/mol. The molecule has 0 fully saturated rings. The summed E-state index contributed by atoms with van der Waals surface area (Å²) in [5.41, 5.74) is 6.97. The first-order chi connectivity index (χ1) is 11.1. The number of allylic oxidation sites excluding steroid dienone is 7. The molecule has 0 aromatic carbocycles. The zero-order valence-electron chi connectivity index (χ0n) is 15.6. The number of hydrogen-bond donors (Lipinski definition) is 2. The Hall–Kier alpha value is -2.29. The molecular formula is C20H34N2O. The molecule has 0 aromatic heterocycles. The van der Waals surface area contributed by atoms with Crippen LogP contribution in [0, 0.1) is 0 Å². The quantitative estimate of drug-likeness (QED) is 0.631. The maximum absolute atomic E-state index is 11.6. The van der Waals surface area contributed by atoms with Gasteiger partial charge >= 0.3 is 0 Å². The number of carbonyl (C=O) groups excluding carboxylic acids is 1. The van der Waals surface area contributed by atoms with Gasteiger partial charge < -0.3 is 11.1 Å². The molecule has 0 aromatic rings. The normalized spacial score (nSPS) is 12.6. The molecule has 0 aliphatic carbocycles. The Balaban J connectivity index is -0.000000919. The first-order valence-corrected chi connectivity index (χ1v) is 8.07. The van der Waals surface area contributed by atoms with E-state index in [0.717, 1.165) is 11.3 Å². The monoisotopic (exact) mass is 318 g/mol. The Morgan fingerprint density at radius 3 is 1.78 bits per heavy atom. The number of primary amides is 1. The Morgan fingerprint density at radius 2 is 1.43 bits per heavy atom. The zero-order chi connectivity index (χ0) is 18.7. The summed E-state index contributed by atoms with van der Waals surface area (Å²) in [6, 6.07) is -0.614. The minimum Gasteiger partial charge on any atom is -0.370 e. The average molecular weight is 319 g/mol. The van der Waals surface area contributed by atoms with E-state index in [1.807, 2.05) is 65.8 Å². The van der Waals surface area contributed by atoms with Gasteiger partial charge in [0.05, 0.1) is 0 Å². The lowest BCUT2D eigenvalue weighted by Crippen LogP contribution is -2.41. The van der Waals surface area contributed by atoms with E-state index in [9.17, 15) is 4.79 Å². The summed E-state index contributed by atoms with van der Waals surface area (Å²) >= 11 is 0. The van der Waals surface area contributed by atoms with Crippen molar-refractivity contribution in [1.29, 1.82) is 0 Å². The summed E-state index contributed by atoms with van der Waals surface area (Å²) in [4.78, 5) is 11.6. The van der Waals surface area contributed by atoms with Gasteiger partial charge in [0.15, 0.2) is 0 Å².